The number of hydrogen-bond acceptors (Lipinski definition) is 4. The van der Waals surface area contributed by atoms with Gasteiger partial charge in [0.15, 0.2) is 0 Å². The van der Waals surface area contributed by atoms with E-state index in [1.807, 2.05) is 12.1 Å². The molecule has 2 aromatic rings. The molecule has 0 radical (unpaired) electrons. The number of nitrogen functional groups attached to an aromatic ring is 1. The standard InChI is InChI=1S/C12H13BrN4/c1-2-8-3-5-9(6-4-8)15-12-16-10(13)7-11(14)17-12/h3-7H,2H2,1H3,(H3,14,15,16,17). The van der Waals surface area contributed by atoms with Crippen molar-refractivity contribution in [1.29, 1.82) is 0 Å². The molecule has 1 heterocycles. The van der Waals surface area contributed by atoms with Gasteiger partial charge < -0.3 is 11.1 Å². The van der Waals surface area contributed by atoms with E-state index < -0.39 is 0 Å². The van der Waals surface area contributed by atoms with Crippen LogP contribution >= 0.6 is 15.9 Å². The second-order valence-electron chi connectivity index (χ2n) is 3.61. The molecule has 0 aliphatic carbocycles. The van der Waals surface area contributed by atoms with Crippen molar-refractivity contribution < 1.29 is 0 Å². The average molecular weight is 293 g/mol. The second kappa shape index (κ2) is 5.14. The van der Waals surface area contributed by atoms with Gasteiger partial charge in [-0.15, -0.1) is 0 Å². The van der Waals surface area contributed by atoms with Crippen molar-refractivity contribution in [2.75, 3.05) is 11.1 Å². The fourth-order valence-corrected chi connectivity index (χ4v) is 1.85. The summed E-state index contributed by atoms with van der Waals surface area (Å²) >= 11 is 3.28. The Bertz CT molecular complexity index is 490. The molecule has 0 spiro atoms. The summed E-state index contributed by atoms with van der Waals surface area (Å²) < 4.78 is 0.665. The van der Waals surface area contributed by atoms with Crippen LogP contribution in [0, 0.1) is 0 Å². The number of rotatable bonds is 3. The third-order valence-corrected chi connectivity index (χ3v) is 2.74. The summed E-state index contributed by atoms with van der Waals surface area (Å²) in [4.78, 5) is 8.28. The molecule has 0 amide bonds. The number of anilines is 3. The largest absolute Gasteiger partial charge is 0.383 e. The molecular weight excluding hydrogens is 280 g/mol. The van der Waals surface area contributed by atoms with Crippen molar-refractivity contribution in [2.24, 2.45) is 0 Å². The molecule has 17 heavy (non-hydrogen) atoms. The van der Waals surface area contributed by atoms with E-state index in [1.165, 1.54) is 5.56 Å². The van der Waals surface area contributed by atoms with Crippen LogP contribution in [-0.2, 0) is 6.42 Å². The molecule has 1 aromatic carbocycles. The minimum Gasteiger partial charge on any atom is -0.383 e. The van der Waals surface area contributed by atoms with E-state index in [0.29, 0.717) is 16.4 Å². The third kappa shape index (κ3) is 3.17. The highest BCUT2D eigenvalue weighted by molar-refractivity contribution is 9.10. The molecule has 0 fully saturated rings. The van der Waals surface area contributed by atoms with Gasteiger partial charge in [-0.2, -0.15) is 4.98 Å². The summed E-state index contributed by atoms with van der Waals surface area (Å²) in [6.07, 6.45) is 1.03. The summed E-state index contributed by atoms with van der Waals surface area (Å²) in [5.74, 6) is 0.917. The van der Waals surface area contributed by atoms with Crippen LogP contribution in [0.5, 0.6) is 0 Å². The first-order valence-corrected chi connectivity index (χ1v) is 6.12. The molecule has 5 heteroatoms. The van der Waals surface area contributed by atoms with Crippen LogP contribution < -0.4 is 11.1 Å². The van der Waals surface area contributed by atoms with Crippen LogP contribution in [0.4, 0.5) is 17.5 Å². The summed E-state index contributed by atoms with van der Waals surface area (Å²) in [6.45, 7) is 2.13. The predicted molar refractivity (Wildman–Crippen MR) is 73.2 cm³/mol. The maximum Gasteiger partial charge on any atom is 0.230 e. The lowest BCUT2D eigenvalue weighted by Crippen LogP contribution is -2.00. The molecule has 3 N–H and O–H groups in total. The second-order valence-corrected chi connectivity index (χ2v) is 4.43. The number of nitrogens with one attached hydrogen (secondary N) is 1. The molecule has 88 valence electrons. The van der Waals surface area contributed by atoms with Gasteiger partial charge in [-0.1, -0.05) is 19.1 Å². The van der Waals surface area contributed by atoms with Crippen LogP contribution in [0.3, 0.4) is 0 Å². The molecule has 0 saturated carbocycles. The lowest BCUT2D eigenvalue weighted by Gasteiger charge is -2.06. The van der Waals surface area contributed by atoms with E-state index in [2.05, 4.69) is 50.3 Å². The number of nitrogens with zero attached hydrogens (tertiary/aromatic N) is 2. The van der Waals surface area contributed by atoms with E-state index >= 15 is 0 Å². The van der Waals surface area contributed by atoms with E-state index in [1.54, 1.807) is 6.07 Å². The van der Waals surface area contributed by atoms with Crippen molar-refractivity contribution in [3.8, 4) is 0 Å². The van der Waals surface area contributed by atoms with Gasteiger partial charge in [0.1, 0.15) is 10.4 Å². The Kier molecular flexibility index (Phi) is 3.58. The zero-order valence-electron chi connectivity index (χ0n) is 9.44. The first-order chi connectivity index (χ1) is 8.17. The monoisotopic (exact) mass is 292 g/mol. The fraction of sp³-hybridized carbons (Fsp3) is 0.167. The van der Waals surface area contributed by atoms with E-state index in [9.17, 15) is 0 Å². The Balaban J connectivity index is 2.19. The Morgan fingerprint density at radius 3 is 2.53 bits per heavy atom. The smallest absolute Gasteiger partial charge is 0.230 e. The number of hydrogen-bond donors (Lipinski definition) is 2. The summed E-state index contributed by atoms with van der Waals surface area (Å²) in [5.41, 5.74) is 7.88. The predicted octanol–water partition coefficient (Wildman–Crippen LogP) is 3.13. The Morgan fingerprint density at radius 1 is 1.24 bits per heavy atom. The van der Waals surface area contributed by atoms with E-state index in [4.69, 9.17) is 5.73 Å². The Hall–Kier alpha value is -1.62. The van der Waals surface area contributed by atoms with Crippen LogP contribution in [0.15, 0.2) is 34.9 Å². The highest BCUT2D eigenvalue weighted by atomic mass is 79.9. The Morgan fingerprint density at radius 2 is 1.94 bits per heavy atom. The van der Waals surface area contributed by atoms with Crippen molar-refractivity contribution >= 4 is 33.4 Å². The summed E-state index contributed by atoms with van der Waals surface area (Å²) in [5, 5.41) is 3.10. The van der Waals surface area contributed by atoms with Crippen LogP contribution in [0.2, 0.25) is 0 Å². The van der Waals surface area contributed by atoms with Gasteiger partial charge in [-0.05, 0) is 40.0 Å². The topological polar surface area (TPSA) is 63.8 Å². The first-order valence-electron chi connectivity index (χ1n) is 5.33. The van der Waals surface area contributed by atoms with Crippen molar-refractivity contribution in [1.82, 2.24) is 9.97 Å². The molecule has 0 bridgehead atoms. The van der Waals surface area contributed by atoms with E-state index in [0.717, 1.165) is 12.1 Å². The lowest BCUT2D eigenvalue weighted by molar-refractivity contribution is 1.13. The normalized spacial score (nSPS) is 10.2. The highest BCUT2D eigenvalue weighted by Crippen LogP contribution is 2.17. The van der Waals surface area contributed by atoms with Crippen molar-refractivity contribution in [2.45, 2.75) is 13.3 Å². The Labute approximate surface area is 108 Å². The summed E-state index contributed by atoms with van der Waals surface area (Å²) in [7, 11) is 0. The SMILES string of the molecule is CCc1ccc(Nc2nc(N)cc(Br)n2)cc1. The number of halogens is 1. The minimum absolute atomic E-state index is 0.430. The number of aromatic nitrogens is 2. The summed E-state index contributed by atoms with van der Waals surface area (Å²) in [6, 6.07) is 9.80. The molecule has 4 nitrogen and oxygen atoms in total. The van der Waals surface area contributed by atoms with Gasteiger partial charge in [-0.3, -0.25) is 0 Å². The van der Waals surface area contributed by atoms with Gasteiger partial charge in [0.25, 0.3) is 0 Å². The zero-order chi connectivity index (χ0) is 12.3. The molecule has 1 aromatic heterocycles. The number of benzene rings is 1. The minimum atomic E-state index is 0.430. The fourth-order valence-electron chi connectivity index (χ4n) is 1.44. The molecular formula is C12H13BrN4. The van der Waals surface area contributed by atoms with Gasteiger partial charge in [0.05, 0.1) is 0 Å². The van der Waals surface area contributed by atoms with Crippen molar-refractivity contribution in [3.63, 3.8) is 0 Å². The first kappa shape index (κ1) is 11.9. The van der Waals surface area contributed by atoms with Crippen LogP contribution in [0.1, 0.15) is 12.5 Å². The van der Waals surface area contributed by atoms with Gasteiger partial charge in [0.2, 0.25) is 5.95 Å². The number of aryl methyl sites for hydroxylation is 1. The zero-order valence-corrected chi connectivity index (χ0v) is 11.0. The molecule has 0 unspecified atom stereocenters. The van der Waals surface area contributed by atoms with E-state index in [-0.39, 0.29) is 0 Å². The van der Waals surface area contributed by atoms with Crippen LogP contribution in [-0.4, -0.2) is 9.97 Å². The highest BCUT2D eigenvalue weighted by Gasteiger charge is 2.01. The molecule has 0 atom stereocenters. The maximum absolute atomic E-state index is 5.64. The van der Waals surface area contributed by atoms with Crippen LogP contribution in [0.25, 0.3) is 0 Å². The molecule has 0 aliphatic rings. The molecule has 0 saturated heterocycles. The van der Waals surface area contributed by atoms with Gasteiger partial charge >= 0.3 is 0 Å². The third-order valence-electron chi connectivity index (χ3n) is 2.33. The van der Waals surface area contributed by atoms with Crippen molar-refractivity contribution in [3.05, 3.63) is 40.5 Å². The average Bonchev–Trinajstić information content (AvgIpc) is 2.28. The molecule has 2 rings (SSSR count). The quantitative estimate of drug-likeness (QED) is 0.853. The number of nitrogens with two attached hydrogens (primary N) is 1. The molecule has 0 aliphatic heterocycles. The van der Waals surface area contributed by atoms with Gasteiger partial charge in [0, 0.05) is 11.8 Å². The maximum atomic E-state index is 5.64. The lowest BCUT2D eigenvalue weighted by atomic mass is 10.1. The van der Waals surface area contributed by atoms with Gasteiger partial charge in [-0.25, -0.2) is 4.98 Å².